The van der Waals surface area contributed by atoms with Gasteiger partial charge in [-0.05, 0) is 18.4 Å². The zero-order chi connectivity index (χ0) is 20.7. The summed E-state index contributed by atoms with van der Waals surface area (Å²) in [6.45, 7) is 6.11. The maximum atomic E-state index is 12.8. The van der Waals surface area contributed by atoms with Crippen molar-refractivity contribution in [1.29, 1.82) is 0 Å². The molecule has 0 radical (unpaired) electrons. The van der Waals surface area contributed by atoms with Crippen molar-refractivity contribution in [2.45, 2.75) is 18.9 Å². The van der Waals surface area contributed by atoms with Crippen molar-refractivity contribution in [2.75, 3.05) is 51.5 Å². The van der Waals surface area contributed by atoms with Crippen LogP contribution in [0.4, 0.5) is 5.82 Å². The molecular formula is C21H27N7O2. The molecule has 9 heteroatoms. The Morgan fingerprint density at radius 3 is 2.77 bits per heavy atom. The van der Waals surface area contributed by atoms with E-state index in [-0.39, 0.29) is 17.4 Å². The molecular weight excluding hydrogens is 382 g/mol. The second-order valence-electron chi connectivity index (χ2n) is 8.57. The average molecular weight is 409 g/mol. The van der Waals surface area contributed by atoms with Crippen LogP contribution < -0.4 is 16.6 Å². The van der Waals surface area contributed by atoms with E-state index in [4.69, 9.17) is 5.73 Å². The van der Waals surface area contributed by atoms with E-state index in [2.05, 4.69) is 26.3 Å². The highest BCUT2D eigenvalue weighted by Crippen LogP contribution is 2.36. The number of piperazine rings is 1. The predicted octanol–water partition coefficient (Wildman–Crippen LogP) is -0.262. The van der Waals surface area contributed by atoms with Gasteiger partial charge in [0.05, 0.1) is 12.2 Å². The Morgan fingerprint density at radius 2 is 1.97 bits per heavy atom. The Bertz CT molecular complexity index is 1010. The van der Waals surface area contributed by atoms with E-state index in [0.29, 0.717) is 30.5 Å². The van der Waals surface area contributed by atoms with E-state index < -0.39 is 0 Å². The summed E-state index contributed by atoms with van der Waals surface area (Å²) in [5, 5.41) is 3.29. The fraction of sp³-hybridized carbons (Fsp3) is 0.524. The molecule has 9 nitrogen and oxygen atoms in total. The van der Waals surface area contributed by atoms with Gasteiger partial charge in [-0.25, -0.2) is 9.97 Å². The Labute approximate surface area is 174 Å². The first-order chi connectivity index (χ1) is 14.6. The lowest BCUT2D eigenvalue weighted by molar-refractivity contribution is -0.133. The minimum Gasteiger partial charge on any atom is -0.384 e. The van der Waals surface area contributed by atoms with Gasteiger partial charge in [0.2, 0.25) is 5.91 Å². The molecule has 3 aliphatic rings. The number of likely N-dealkylation sites (tertiary alicyclic amines) is 1. The number of anilines is 1. The third-order valence-electron chi connectivity index (χ3n) is 6.44. The molecule has 2 saturated heterocycles. The van der Waals surface area contributed by atoms with Crippen LogP contribution in [0.3, 0.4) is 0 Å². The fourth-order valence-electron chi connectivity index (χ4n) is 5.07. The number of amides is 1. The first-order valence-corrected chi connectivity index (χ1v) is 10.6. The number of hydrogen-bond donors (Lipinski definition) is 2. The Hall–Kier alpha value is -2.78. The molecule has 5 rings (SSSR count). The lowest BCUT2D eigenvalue weighted by Crippen LogP contribution is -2.53. The molecule has 1 amide bonds. The number of nitrogens with one attached hydrogen (secondary N) is 1. The SMILES string of the molecule is Nc1cc(-c2cc3n(c(=O)c2)C[C@H]2C[C@@H]3CN(CC(=O)N3CCNCC3)C2)ncn1. The monoisotopic (exact) mass is 409 g/mol. The van der Waals surface area contributed by atoms with Gasteiger partial charge in [0, 0.05) is 75.1 Å². The lowest BCUT2D eigenvalue weighted by atomic mass is 9.82. The fourth-order valence-corrected chi connectivity index (χ4v) is 5.07. The molecule has 158 valence electrons. The quantitative estimate of drug-likeness (QED) is 0.719. The molecule has 0 aromatic carbocycles. The normalized spacial score (nSPS) is 23.8. The number of hydrogen-bond acceptors (Lipinski definition) is 7. The van der Waals surface area contributed by atoms with Gasteiger partial charge < -0.3 is 20.5 Å². The van der Waals surface area contributed by atoms with Gasteiger partial charge in [0.1, 0.15) is 12.1 Å². The molecule has 3 aliphatic heterocycles. The van der Waals surface area contributed by atoms with E-state index in [1.807, 2.05) is 9.47 Å². The van der Waals surface area contributed by atoms with Crippen molar-refractivity contribution in [1.82, 2.24) is 29.7 Å². The van der Waals surface area contributed by atoms with Gasteiger partial charge in [-0.1, -0.05) is 0 Å². The molecule has 30 heavy (non-hydrogen) atoms. The molecule has 2 atom stereocenters. The lowest BCUT2D eigenvalue weighted by Gasteiger charge is -2.43. The van der Waals surface area contributed by atoms with Gasteiger partial charge in [0.15, 0.2) is 0 Å². The second kappa shape index (κ2) is 7.81. The second-order valence-corrected chi connectivity index (χ2v) is 8.57. The molecule has 2 aromatic heterocycles. The van der Waals surface area contributed by atoms with Gasteiger partial charge in [-0.3, -0.25) is 14.5 Å². The number of carbonyl (C=O) groups is 1. The van der Waals surface area contributed by atoms with Crippen molar-refractivity contribution >= 4 is 11.7 Å². The third-order valence-corrected chi connectivity index (χ3v) is 6.44. The van der Waals surface area contributed by atoms with E-state index in [1.54, 1.807) is 12.1 Å². The summed E-state index contributed by atoms with van der Waals surface area (Å²) in [6.07, 6.45) is 2.47. The summed E-state index contributed by atoms with van der Waals surface area (Å²) in [4.78, 5) is 38.0. The topological polar surface area (TPSA) is 109 Å². The van der Waals surface area contributed by atoms with Crippen LogP contribution in [0, 0.1) is 5.92 Å². The summed E-state index contributed by atoms with van der Waals surface area (Å²) in [5.74, 6) is 1.22. The Morgan fingerprint density at radius 1 is 1.13 bits per heavy atom. The number of fused-ring (bicyclic) bond motifs is 4. The third kappa shape index (κ3) is 3.70. The molecule has 5 heterocycles. The largest absolute Gasteiger partial charge is 0.384 e. The predicted molar refractivity (Wildman–Crippen MR) is 113 cm³/mol. The molecule has 2 aromatic rings. The number of rotatable bonds is 3. The first kappa shape index (κ1) is 19.2. The first-order valence-electron chi connectivity index (χ1n) is 10.6. The summed E-state index contributed by atoms with van der Waals surface area (Å²) in [7, 11) is 0. The molecule has 2 bridgehead atoms. The molecule has 0 unspecified atom stereocenters. The summed E-state index contributed by atoms with van der Waals surface area (Å²) < 4.78 is 1.91. The number of nitrogens with two attached hydrogens (primary N) is 1. The van der Waals surface area contributed by atoms with E-state index in [9.17, 15) is 9.59 Å². The molecule has 0 aliphatic carbocycles. The Kier molecular flexibility index (Phi) is 5.00. The Balaban J connectivity index is 1.38. The van der Waals surface area contributed by atoms with E-state index >= 15 is 0 Å². The number of nitrogen functional groups attached to an aromatic ring is 1. The van der Waals surface area contributed by atoms with Gasteiger partial charge in [-0.2, -0.15) is 0 Å². The highest BCUT2D eigenvalue weighted by molar-refractivity contribution is 5.78. The average Bonchev–Trinajstić information content (AvgIpc) is 2.75. The molecule has 0 spiro atoms. The maximum absolute atomic E-state index is 12.8. The van der Waals surface area contributed by atoms with Crippen molar-refractivity contribution < 1.29 is 4.79 Å². The van der Waals surface area contributed by atoms with Crippen molar-refractivity contribution in [3.63, 3.8) is 0 Å². The number of pyridine rings is 1. The van der Waals surface area contributed by atoms with Crippen LogP contribution in [-0.4, -0.2) is 76.1 Å². The van der Waals surface area contributed by atoms with Gasteiger partial charge in [0.25, 0.3) is 5.56 Å². The highest BCUT2D eigenvalue weighted by Gasteiger charge is 2.36. The maximum Gasteiger partial charge on any atom is 0.251 e. The zero-order valence-electron chi connectivity index (χ0n) is 17.0. The standard InChI is InChI=1S/C21H27N7O2/c22-19-8-17(24-13-25-19)15-6-18-16-5-14(10-28(18)20(29)7-15)9-26(11-16)12-21(30)27-3-1-23-2-4-27/h6-8,13-14,16,23H,1-5,9-12H2,(H2,22,24,25)/t14-,16+/m0/s1. The van der Waals surface area contributed by atoms with Crippen LogP contribution in [0.25, 0.3) is 11.3 Å². The van der Waals surface area contributed by atoms with Crippen LogP contribution >= 0.6 is 0 Å². The highest BCUT2D eigenvalue weighted by atomic mass is 16.2. The van der Waals surface area contributed by atoms with Crippen molar-refractivity contribution in [2.24, 2.45) is 5.92 Å². The number of aromatic nitrogens is 3. The molecule has 3 N–H and O–H groups in total. The molecule has 2 fully saturated rings. The van der Waals surface area contributed by atoms with E-state index in [1.165, 1.54) is 6.33 Å². The van der Waals surface area contributed by atoms with Crippen LogP contribution in [0.2, 0.25) is 0 Å². The van der Waals surface area contributed by atoms with Crippen LogP contribution in [0.1, 0.15) is 18.0 Å². The van der Waals surface area contributed by atoms with Crippen molar-refractivity contribution in [3.8, 4) is 11.3 Å². The van der Waals surface area contributed by atoms with E-state index in [0.717, 1.165) is 56.9 Å². The van der Waals surface area contributed by atoms with Crippen LogP contribution in [-0.2, 0) is 11.3 Å². The summed E-state index contributed by atoms with van der Waals surface area (Å²) >= 11 is 0. The molecule has 0 saturated carbocycles. The van der Waals surface area contributed by atoms with Crippen LogP contribution in [0.15, 0.2) is 29.3 Å². The minimum absolute atomic E-state index is 0.000253. The summed E-state index contributed by atoms with van der Waals surface area (Å²) in [5.41, 5.74) is 8.26. The van der Waals surface area contributed by atoms with Crippen LogP contribution in [0.5, 0.6) is 0 Å². The van der Waals surface area contributed by atoms with Gasteiger partial charge >= 0.3 is 0 Å². The van der Waals surface area contributed by atoms with Gasteiger partial charge in [-0.15, -0.1) is 0 Å². The number of nitrogens with zero attached hydrogens (tertiary/aromatic N) is 5. The summed E-state index contributed by atoms with van der Waals surface area (Å²) in [6, 6.07) is 5.39. The van der Waals surface area contributed by atoms with Crippen molar-refractivity contribution in [3.05, 3.63) is 40.6 Å². The number of carbonyl (C=O) groups excluding carboxylic acids is 1. The minimum atomic E-state index is -0.000253. The number of piperidine rings is 1. The smallest absolute Gasteiger partial charge is 0.251 e. The zero-order valence-corrected chi connectivity index (χ0v) is 17.0.